The highest BCUT2D eigenvalue weighted by atomic mass is 35.5. The Morgan fingerprint density at radius 3 is 2.71 bits per heavy atom. The van der Waals surface area contributed by atoms with Crippen molar-refractivity contribution in [2.75, 3.05) is 13.1 Å². The fourth-order valence-electron chi connectivity index (χ4n) is 2.92. The number of carbonyl (C=O) groups is 1. The van der Waals surface area contributed by atoms with Crippen molar-refractivity contribution in [1.29, 1.82) is 0 Å². The smallest absolute Gasteiger partial charge is 0.274 e. The second-order valence-electron chi connectivity index (χ2n) is 5.46. The van der Waals surface area contributed by atoms with Crippen molar-refractivity contribution in [3.8, 4) is 0 Å². The summed E-state index contributed by atoms with van der Waals surface area (Å²) in [4.78, 5) is 21.8. The number of piperidine rings is 1. The summed E-state index contributed by atoms with van der Waals surface area (Å²) < 4.78 is 0. The third-order valence-corrected chi connectivity index (χ3v) is 4.56. The SMILES string of the molecule is CC1(C)C2CN(C(=O)c3ncncc3Cl)CC21. The molecule has 17 heavy (non-hydrogen) atoms. The number of hydrogen-bond donors (Lipinski definition) is 0. The van der Waals surface area contributed by atoms with Crippen LogP contribution in [0.25, 0.3) is 0 Å². The van der Waals surface area contributed by atoms with Gasteiger partial charge in [0, 0.05) is 19.3 Å². The predicted molar refractivity (Wildman–Crippen MR) is 63.7 cm³/mol. The molecule has 1 aliphatic carbocycles. The van der Waals surface area contributed by atoms with Crippen LogP contribution in [0.4, 0.5) is 0 Å². The highest BCUT2D eigenvalue weighted by Crippen LogP contribution is 2.62. The Bertz CT molecular complexity index is 474. The zero-order valence-corrected chi connectivity index (χ0v) is 10.6. The van der Waals surface area contributed by atoms with Gasteiger partial charge in [0.2, 0.25) is 0 Å². The molecule has 0 bridgehead atoms. The first-order valence-corrected chi connectivity index (χ1v) is 6.14. The molecule has 4 nitrogen and oxygen atoms in total. The van der Waals surface area contributed by atoms with Crippen molar-refractivity contribution in [2.45, 2.75) is 13.8 Å². The molecule has 0 radical (unpaired) electrons. The second kappa shape index (κ2) is 3.42. The molecule has 1 saturated heterocycles. The Morgan fingerprint density at radius 2 is 2.12 bits per heavy atom. The summed E-state index contributed by atoms with van der Waals surface area (Å²) in [5.74, 6) is 1.22. The van der Waals surface area contributed by atoms with Crippen LogP contribution in [0, 0.1) is 17.3 Å². The molecule has 2 aliphatic rings. The molecule has 1 saturated carbocycles. The average Bonchev–Trinajstić information content (AvgIpc) is 2.70. The maximum absolute atomic E-state index is 12.2. The van der Waals surface area contributed by atoms with E-state index in [1.54, 1.807) is 0 Å². The fourth-order valence-corrected chi connectivity index (χ4v) is 3.10. The van der Waals surface area contributed by atoms with E-state index in [2.05, 4.69) is 23.8 Å². The standard InChI is InChI=1S/C12H14ClN3O/c1-12(2)7-4-16(5-8(7)12)11(17)10-9(13)3-14-6-15-10/h3,6-8H,4-5H2,1-2H3. The number of amides is 1. The molecule has 5 heteroatoms. The topological polar surface area (TPSA) is 46.1 Å². The van der Waals surface area contributed by atoms with Crippen LogP contribution >= 0.6 is 11.6 Å². The third kappa shape index (κ3) is 1.54. The molecule has 2 heterocycles. The Balaban J connectivity index is 1.76. The Kier molecular flexibility index (Phi) is 2.20. The highest BCUT2D eigenvalue weighted by molar-refractivity contribution is 6.33. The first kappa shape index (κ1) is 11.0. The molecule has 1 aromatic rings. The van der Waals surface area contributed by atoms with Crippen LogP contribution in [-0.2, 0) is 0 Å². The lowest BCUT2D eigenvalue weighted by Crippen LogP contribution is -2.33. The van der Waals surface area contributed by atoms with Crippen LogP contribution in [0.2, 0.25) is 5.02 Å². The lowest BCUT2D eigenvalue weighted by molar-refractivity contribution is 0.0752. The molecule has 2 unspecified atom stereocenters. The minimum absolute atomic E-state index is 0.0691. The van der Waals surface area contributed by atoms with Crippen molar-refractivity contribution in [2.24, 2.45) is 17.3 Å². The molecule has 2 fully saturated rings. The summed E-state index contributed by atoms with van der Waals surface area (Å²) in [6, 6.07) is 0. The molecule has 1 amide bonds. The van der Waals surface area contributed by atoms with E-state index in [1.165, 1.54) is 12.5 Å². The molecule has 1 aromatic heterocycles. The summed E-state index contributed by atoms with van der Waals surface area (Å²) in [6.45, 7) is 6.19. The van der Waals surface area contributed by atoms with Crippen LogP contribution in [0.1, 0.15) is 24.3 Å². The van der Waals surface area contributed by atoms with Gasteiger partial charge in [-0.2, -0.15) is 0 Å². The number of aromatic nitrogens is 2. The van der Waals surface area contributed by atoms with Crippen molar-refractivity contribution in [3.63, 3.8) is 0 Å². The van der Waals surface area contributed by atoms with Gasteiger partial charge in [-0.1, -0.05) is 25.4 Å². The average molecular weight is 252 g/mol. The van der Waals surface area contributed by atoms with E-state index in [0.717, 1.165) is 13.1 Å². The number of carbonyl (C=O) groups excluding carboxylic acids is 1. The van der Waals surface area contributed by atoms with Crippen molar-refractivity contribution >= 4 is 17.5 Å². The number of nitrogens with zero attached hydrogens (tertiary/aromatic N) is 3. The predicted octanol–water partition coefficient (Wildman–Crippen LogP) is 1.86. The van der Waals surface area contributed by atoms with Gasteiger partial charge in [-0.25, -0.2) is 9.97 Å². The summed E-state index contributed by atoms with van der Waals surface area (Å²) in [5, 5.41) is 0.331. The summed E-state index contributed by atoms with van der Waals surface area (Å²) in [6.07, 6.45) is 2.82. The fraction of sp³-hybridized carbons (Fsp3) is 0.583. The van der Waals surface area contributed by atoms with Gasteiger partial charge in [0.05, 0.1) is 5.02 Å². The van der Waals surface area contributed by atoms with Crippen LogP contribution in [0.15, 0.2) is 12.5 Å². The molecule has 90 valence electrons. The highest BCUT2D eigenvalue weighted by Gasteiger charge is 2.62. The lowest BCUT2D eigenvalue weighted by atomic mass is 10.1. The maximum atomic E-state index is 12.2. The first-order valence-electron chi connectivity index (χ1n) is 5.76. The number of hydrogen-bond acceptors (Lipinski definition) is 3. The lowest BCUT2D eigenvalue weighted by Gasteiger charge is -2.21. The number of rotatable bonds is 1. The van der Waals surface area contributed by atoms with E-state index in [0.29, 0.717) is 28.0 Å². The summed E-state index contributed by atoms with van der Waals surface area (Å²) >= 11 is 5.93. The zero-order valence-electron chi connectivity index (χ0n) is 9.85. The van der Waals surface area contributed by atoms with Gasteiger partial charge in [-0.3, -0.25) is 4.79 Å². The minimum atomic E-state index is -0.0691. The van der Waals surface area contributed by atoms with E-state index in [9.17, 15) is 4.79 Å². The largest absolute Gasteiger partial charge is 0.337 e. The Labute approximate surface area is 105 Å². The number of fused-ring (bicyclic) bond motifs is 1. The molecule has 2 atom stereocenters. The maximum Gasteiger partial charge on any atom is 0.274 e. The Hall–Kier alpha value is -1.16. The van der Waals surface area contributed by atoms with E-state index >= 15 is 0 Å². The second-order valence-corrected chi connectivity index (χ2v) is 5.87. The molecule has 0 N–H and O–H groups in total. The van der Waals surface area contributed by atoms with E-state index in [4.69, 9.17) is 11.6 Å². The number of likely N-dealkylation sites (tertiary alicyclic amines) is 1. The van der Waals surface area contributed by atoms with Crippen LogP contribution in [0.3, 0.4) is 0 Å². The van der Waals surface area contributed by atoms with E-state index in [-0.39, 0.29) is 5.91 Å². The van der Waals surface area contributed by atoms with Gasteiger partial charge in [0.25, 0.3) is 5.91 Å². The van der Waals surface area contributed by atoms with Gasteiger partial charge < -0.3 is 4.90 Å². The first-order chi connectivity index (χ1) is 8.01. The molecule has 1 aliphatic heterocycles. The summed E-state index contributed by atoms with van der Waals surface area (Å²) in [7, 11) is 0. The van der Waals surface area contributed by atoms with E-state index in [1.807, 2.05) is 4.90 Å². The molecular formula is C12H14ClN3O. The van der Waals surface area contributed by atoms with E-state index < -0.39 is 0 Å². The van der Waals surface area contributed by atoms with Gasteiger partial charge in [0.15, 0.2) is 0 Å². The Morgan fingerprint density at radius 1 is 1.47 bits per heavy atom. The van der Waals surface area contributed by atoms with Gasteiger partial charge in [0.1, 0.15) is 12.0 Å². The summed E-state index contributed by atoms with van der Waals surface area (Å²) in [5.41, 5.74) is 0.729. The number of halogens is 1. The third-order valence-electron chi connectivity index (χ3n) is 4.28. The van der Waals surface area contributed by atoms with Crippen molar-refractivity contribution in [1.82, 2.24) is 14.9 Å². The monoisotopic (exact) mass is 251 g/mol. The van der Waals surface area contributed by atoms with Crippen LogP contribution in [-0.4, -0.2) is 33.9 Å². The van der Waals surface area contributed by atoms with Crippen LogP contribution in [0.5, 0.6) is 0 Å². The molecule has 0 spiro atoms. The molecule has 0 aromatic carbocycles. The molecule has 3 rings (SSSR count). The van der Waals surface area contributed by atoms with Crippen LogP contribution < -0.4 is 0 Å². The van der Waals surface area contributed by atoms with Crippen molar-refractivity contribution in [3.05, 3.63) is 23.2 Å². The normalized spacial score (nSPS) is 29.0. The van der Waals surface area contributed by atoms with Crippen molar-refractivity contribution < 1.29 is 4.79 Å². The minimum Gasteiger partial charge on any atom is -0.337 e. The van der Waals surface area contributed by atoms with Gasteiger partial charge in [-0.05, 0) is 17.3 Å². The zero-order chi connectivity index (χ0) is 12.2. The van der Waals surface area contributed by atoms with Gasteiger partial charge in [-0.15, -0.1) is 0 Å². The van der Waals surface area contributed by atoms with Gasteiger partial charge >= 0.3 is 0 Å². The quantitative estimate of drug-likeness (QED) is 0.765. The molecular weight excluding hydrogens is 238 g/mol.